The maximum atomic E-state index is 12.7. The molecule has 8 N–H and O–H groups in total. The zero-order valence-electron chi connectivity index (χ0n) is 94.6. The number of fused-ring (bicyclic) bond motifs is 1. The number of alkyl halides is 6. The van der Waals surface area contributed by atoms with Gasteiger partial charge >= 0.3 is 28.9 Å². The number of nitrogens with two attached hydrogens (primary N) is 1. The third-order valence-electron chi connectivity index (χ3n) is 22.5. The molecule has 20 nitrogen and oxygen atoms in total. The summed E-state index contributed by atoms with van der Waals surface area (Å²) >= 11 is 1.80. The van der Waals surface area contributed by atoms with Crippen molar-refractivity contribution in [3.05, 3.63) is 242 Å². The number of methoxy groups -OCH3 is 3. The number of sulfone groups is 2. The molecule has 816 valence electrons. The van der Waals surface area contributed by atoms with Crippen molar-refractivity contribution in [2.75, 3.05) is 77.5 Å². The fourth-order valence-electron chi connectivity index (χ4n) is 13.2. The van der Waals surface area contributed by atoms with Gasteiger partial charge in [-0.3, -0.25) is 9.69 Å². The Morgan fingerprint density at radius 2 is 0.869 bits per heavy atom. The highest BCUT2D eigenvalue weighted by Crippen LogP contribution is 2.39. The molecule has 145 heavy (non-hydrogen) atoms. The predicted octanol–water partition coefficient (Wildman–Crippen LogP) is 28.9. The average molecular weight is 2090 g/mol. The molecule has 29 heteroatoms. The normalized spacial score (nSPS) is 13.1. The summed E-state index contributed by atoms with van der Waals surface area (Å²) in [6, 6.07) is 50.8. The molecule has 8 aromatic rings. The first-order valence-corrected chi connectivity index (χ1v) is 53.2. The number of aliphatic hydroxyl groups excluding tert-OH is 1. The van der Waals surface area contributed by atoms with E-state index in [-0.39, 0.29) is 72.9 Å². The van der Waals surface area contributed by atoms with Crippen molar-refractivity contribution in [3.63, 3.8) is 0 Å². The number of amides is 1. The van der Waals surface area contributed by atoms with Gasteiger partial charge in [-0.1, -0.05) is 270 Å². The highest BCUT2D eigenvalue weighted by atomic mass is 32.2. The van der Waals surface area contributed by atoms with E-state index in [1.165, 1.54) is 90.9 Å². The highest BCUT2D eigenvalue weighted by Gasteiger charge is 2.53. The number of ether oxygens (including phenoxy) is 4. The van der Waals surface area contributed by atoms with E-state index in [2.05, 4.69) is 253 Å². The van der Waals surface area contributed by atoms with Crippen LogP contribution in [0.25, 0.3) is 0 Å². The molecule has 0 atom stereocenters. The fourth-order valence-corrected chi connectivity index (χ4v) is 15.2. The van der Waals surface area contributed by atoms with E-state index in [9.17, 15) is 62.4 Å². The molecule has 0 unspecified atom stereocenters. The number of hydrogen-bond donors (Lipinski definition) is 7. The number of carboxylic acid groups (broad SMARTS) is 2. The summed E-state index contributed by atoms with van der Waals surface area (Å²) in [5.41, 5.74) is 9.97. The molecule has 8 aromatic carbocycles. The Morgan fingerprint density at radius 1 is 0.462 bits per heavy atom. The van der Waals surface area contributed by atoms with Gasteiger partial charge in [-0.15, -0.1) is 11.8 Å². The van der Waals surface area contributed by atoms with Crippen LogP contribution in [0.4, 0.5) is 37.7 Å². The molecule has 0 radical (unpaired) electrons. The van der Waals surface area contributed by atoms with Crippen molar-refractivity contribution in [2.24, 2.45) is 11.1 Å². The van der Waals surface area contributed by atoms with Gasteiger partial charge in [-0.2, -0.15) is 26.3 Å². The molecule has 0 spiro atoms. The van der Waals surface area contributed by atoms with Crippen molar-refractivity contribution in [1.82, 2.24) is 10.2 Å². The molecule has 2 aliphatic heterocycles. The number of esters is 1. The van der Waals surface area contributed by atoms with Crippen LogP contribution in [0.5, 0.6) is 17.2 Å². The molecule has 2 aliphatic rings. The number of carboxylic acids is 2. The average Bonchev–Trinajstić information content (AvgIpc) is 1.38. The lowest BCUT2D eigenvalue weighted by molar-refractivity contribution is -0.0455. The van der Waals surface area contributed by atoms with Crippen LogP contribution in [0.2, 0.25) is 0 Å². The number of carbonyl (C=O) groups excluding carboxylic acids is 2. The molecule has 10 rings (SSSR count). The van der Waals surface area contributed by atoms with Gasteiger partial charge in [0, 0.05) is 41.0 Å². The lowest BCUT2D eigenvalue weighted by Crippen LogP contribution is -2.44. The Labute approximate surface area is 871 Å². The largest absolute Gasteiger partial charge is 0.501 e. The van der Waals surface area contributed by atoms with Crippen molar-refractivity contribution in [1.29, 1.82) is 0 Å². The molecule has 0 bridgehead atoms. The molecule has 1 amide bonds. The number of nitrogens with one attached hydrogen (secondary N) is 3. The smallest absolute Gasteiger partial charge is 0.496 e. The SMILES string of the molecule is CC(C)(C)N1CCCCC1.CC(C)(C)S(=O)(=O)C(F)(F)F.CC(C)(C)c1ccc(C(N)=O)cc1.CC(C)(C)c1ccc(CO)c(C(=O)O)c1.CC(C)(C)c1ccc2c(c1)CCO2.CCNC(C)(C)C.CCNc1ccc(S(=O)(=O)C(F)(F)F)cc1NCC(C)(C)C.COC(=O)c1cc(C(C)(C)C)ccc1OC.COc1ccc(C(C)(C)C)cc1C(=O)O.CSc1cccc(C(C)(C)C)c1.Cc1ccc(C(C)(C)C)cc1. The van der Waals surface area contributed by atoms with Gasteiger partial charge in [0.1, 0.15) is 28.4 Å². The van der Waals surface area contributed by atoms with Gasteiger partial charge in [0.15, 0.2) is 0 Å². The molecular weight excluding hydrogens is 1910 g/mol. The number of aryl methyl sites for hydroxylation is 1. The monoisotopic (exact) mass is 2090 g/mol. The maximum absolute atomic E-state index is 12.7. The number of likely N-dealkylation sites (tertiary alicyclic amines) is 1. The Kier molecular flexibility index (Phi) is 53.4. The van der Waals surface area contributed by atoms with E-state index < -0.39 is 52.3 Å². The Bertz CT molecular complexity index is 5470. The van der Waals surface area contributed by atoms with Crippen LogP contribution in [0, 0.1) is 12.3 Å². The third kappa shape index (κ3) is 48.9. The molecule has 0 aromatic heterocycles. The number of anilines is 2. The van der Waals surface area contributed by atoms with Gasteiger partial charge < -0.3 is 56.0 Å². The number of halogens is 6. The zero-order chi connectivity index (χ0) is 113. The fraction of sp³-hybridized carbons (Fsp3) is 0.552. The van der Waals surface area contributed by atoms with Crippen molar-refractivity contribution < 1.29 is 96.6 Å². The minimum Gasteiger partial charge on any atom is -0.496 e. The van der Waals surface area contributed by atoms with E-state index in [0.717, 1.165) is 74.9 Å². The van der Waals surface area contributed by atoms with Crippen molar-refractivity contribution in [2.45, 2.75) is 356 Å². The van der Waals surface area contributed by atoms with Crippen LogP contribution in [-0.2, 0) is 75.3 Å². The molecule has 1 fully saturated rings. The first-order valence-electron chi connectivity index (χ1n) is 49.0. The number of hydrogen-bond acceptors (Lipinski definition) is 18. The summed E-state index contributed by atoms with van der Waals surface area (Å²) < 4.78 is 136. The summed E-state index contributed by atoms with van der Waals surface area (Å²) in [7, 11) is -5.99. The standard InChI is InChI=1S/C14H21F3N2O2S.C13H18O3.2C12H16O3.C12H16O.C11H15NO.C11H16S.C11H16.C9H19N.C6H15N.C5H9F3O2S/c1-5-18-11-7-6-10(22(20,21)14(15,16)17)8-12(11)19-9-13(2,3)4;1-13(2,3)9-6-7-11(15-4)10(8-9)12(14)16-5;1-12(2,3)8-5-6-10(15-4)9(7-8)11(13)14;1-12(2,3)9-5-4-8(7-13)10(6-9)11(14)15;1-12(2,3)10-4-5-11-9(8-10)6-7-13-11;1-11(2,3)9-6-4-8(5-7-9)10(12)13;1-11(2,3)9-6-5-7-10(8-9)12-4;1-9-5-7-10(8-6-9)11(2,3)4;1-9(2,3)10-7-5-4-6-8-10;1-5-7-6(2,3)4;1-4(2,3)11(9,10)5(6,7)8/h6-8,18-19H,5,9H2,1-4H3;6-8H,1-5H3;5-7H,1-4H3,(H,13,14);4-6,13H,7H2,1-3H3,(H,14,15);4-5,8H,6-7H2,1-3H3;4-7H,1-3H3,(H2,12,13);5-8H,1-4H3;5-8H,1-4H3;4-8H2,1-3H3;7H,5H2,1-4H3;1-3H3. The molecule has 1 saturated heterocycles. The third-order valence-corrected chi connectivity index (χ3v) is 26.9. The first-order chi connectivity index (χ1) is 65.7. The number of benzene rings is 8. The van der Waals surface area contributed by atoms with Crippen molar-refractivity contribution >= 4 is 66.6 Å². The van der Waals surface area contributed by atoms with Gasteiger partial charge in [0.2, 0.25) is 5.91 Å². The highest BCUT2D eigenvalue weighted by molar-refractivity contribution is 7.98. The lowest BCUT2D eigenvalue weighted by Gasteiger charge is -2.38. The second-order valence-electron chi connectivity index (χ2n) is 46.8. The predicted molar refractivity (Wildman–Crippen MR) is 590 cm³/mol. The second kappa shape index (κ2) is 57.2. The maximum Gasteiger partial charge on any atom is 0.501 e. The first kappa shape index (κ1) is 135. The quantitative estimate of drug-likeness (QED) is 0.0302. The van der Waals surface area contributed by atoms with Gasteiger partial charge in [-0.05, 0) is 287 Å². The number of carbonyl (C=O) groups is 4. The van der Waals surface area contributed by atoms with Gasteiger partial charge in [0.05, 0.1) is 61.1 Å². The minimum atomic E-state index is -5.35. The van der Waals surface area contributed by atoms with E-state index in [0.29, 0.717) is 63.7 Å². The van der Waals surface area contributed by atoms with Crippen molar-refractivity contribution in [3.8, 4) is 17.2 Å². The van der Waals surface area contributed by atoms with E-state index in [1.54, 1.807) is 61.3 Å². The molecule has 0 aliphatic carbocycles. The Hall–Kier alpha value is -9.65. The lowest BCUT2D eigenvalue weighted by atomic mass is 9.85. The topological polar surface area (TPSA) is 300 Å². The number of piperidine rings is 1. The Balaban J connectivity index is 0.00000159. The minimum absolute atomic E-state index is 0.00492. The summed E-state index contributed by atoms with van der Waals surface area (Å²) in [6.45, 7) is 78.7. The van der Waals surface area contributed by atoms with Crippen LogP contribution in [0.1, 0.15) is 359 Å². The molecule has 0 saturated carbocycles. The number of aliphatic hydroxyl groups is 1. The summed E-state index contributed by atoms with van der Waals surface area (Å²) in [5.74, 6) is -0.685. The van der Waals surface area contributed by atoms with E-state index >= 15 is 0 Å². The van der Waals surface area contributed by atoms with Crippen LogP contribution < -0.4 is 35.9 Å². The summed E-state index contributed by atoms with van der Waals surface area (Å²) in [5, 5.41) is 36.3. The van der Waals surface area contributed by atoms with Gasteiger partial charge in [0.25, 0.3) is 19.7 Å². The number of thioether (sulfide) groups is 1. The molecular formula is C116H177F6N5O15S3. The number of primary amides is 1. The number of aromatic carboxylic acids is 2. The van der Waals surface area contributed by atoms with Crippen LogP contribution in [-0.4, -0.2) is 155 Å². The van der Waals surface area contributed by atoms with Crippen LogP contribution in [0.15, 0.2) is 174 Å². The molecule has 2 heterocycles. The summed E-state index contributed by atoms with van der Waals surface area (Å²) in [4.78, 5) is 47.4. The summed E-state index contributed by atoms with van der Waals surface area (Å²) in [6.07, 6.45) is 7.42. The Morgan fingerprint density at radius 3 is 1.21 bits per heavy atom. The van der Waals surface area contributed by atoms with Gasteiger partial charge in [-0.25, -0.2) is 31.2 Å². The number of nitrogens with zero attached hydrogens (tertiary/aromatic N) is 1. The zero-order valence-corrected chi connectivity index (χ0v) is 97.1. The van der Waals surface area contributed by atoms with Crippen LogP contribution >= 0.6 is 11.8 Å². The van der Waals surface area contributed by atoms with Crippen LogP contribution in [0.3, 0.4) is 0 Å². The van der Waals surface area contributed by atoms with E-state index in [4.69, 9.17) is 40.0 Å². The second-order valence-corrected chi connectivity index (χ2v) is 52.3. The number of rotatable bonds is 14. The van der Waals surface area contributed by atoms with E-state index in [1.807, 2.05) is 106 Å².